The number of aliphatic hydroxyl groups excluding tert-OH is 1. The van der Waals surface area contributed by atoms with Gasteiger partial charge >= 0.3 is 0 Å². The number of halogens is 1. The van der Waals surface area contributed by atoms with Crippen LogP contribution in [0.4, 0.5) is 0 Å². The summed E-state index contributed by atoms with van der Waals surface area (Å²) < 4.78 is 1.48. The van der Waals surface area contributed by atoms with E-state index in [0.29, 0.717) is 30.2 Å². The van der Waals surface area contributed by atoms with Gasteiger partial charge < -0.3 is 25.6 Å². The second-order valence-electron chi connectivity index (χ2n) is 7.96. The molecule has 3 aromatic rings. The largest absolute Gasteiger partial charge is 0.376 e. The molecule has 4 rings (SSSR count). The van der Waals surface area contributed by atoms with Crippen LogP contribution in [-0.4, -0.2) is 44.0 Å². The minimum absolute atomic E-state index is 0.224. The summed E-state index contributed by atoms with van der Waals surface area (Å²) in [5.41, 5.74) is 9.49. The number of aromatic nitrogens is 2. The molecule has 2 aromatic heterocycles. The first kappa shape index (κ1) is 23.0. The highest BCUT2D eigenvalue weighted by Gasteiger charge is 2.35. The fourth-order valence-corrected chi connectivity index (χ4v) is 4.38. The van der Waals surface area contributed by atoms with Gasteiger partial charge in [-0.15, -0.1) is 0 Å². The van der Waals surface area contributed by atoms with Gasteiger partial charge in [-0.2, -0.15) is 0 Å². The van der Waals surface area contributed by atoms with E-state index in [2.05, 4.69) is 10.3 Å². The molecule has 1 fully saturated rings. The third-order valence-corrected chi connectivity index (χ3v) is 6.16. The van der Waals surface area contributed by atoms with Crippen molar-refractivity contribution in [2.75, 3.05) is 6.54 Å². The van der Waals surface area contributed by atoms with E-state index < -0.39 is 6.04 Å². The molecule has 2 amide bonds. The zero-order chi connectivity index (χ0) is 23.4. The average Bonchev–Trinajstić information content (AvgIpc) is 3.50. The number of carbonyl (C=O) groups is 2. The SMILES string of the molecule is NCc1ccc(Cl)cc1CNC(=O)[C@@H]1CCCN1C(=O)c1cc(-c2cccnc2)cn1CO. The first-order valence-corrected chi connectivity index (χ1v) is 11.2. The lowest BCUT2D eigenvalue weighted by molar-refractivity contribution is -0.125. The third kappa shape index (κ3) is 4.93. The quantitative estimate of drug-likeness (QED) is 0.494. The Bertz CT molecular complexity index is 1150. The Morgan fingerprint density at radius 2 is 2.06 bits per heavy atom. The molecule has 1 atom stereocenters. The molecule has 9 heteroatoms. The number of carbonyl (C=O) groups excluding carboxylic acids is 2. The van der Waals surface area contributed by atoms with E-state index >= 15 is 0 Å². The van der Waals surface area contributed by atoms with Crippen molar-refractivity contribution in [2.24, 2.45) is 5.73 Å². The number of pyridine rings is 1. The normalized spacial score (nSPS) is 15.6. The summed E-state index contributed by atoms with van der Waals surface area (Å²) in [6.07, 6.45) is 6.38. The molecular formula is C24H26ClN5O3. The van der Waals surface area contributed by atoms with Crippen molar-refractivity contribution in [3.8, 4) is 11.1 Å². The highest BCUT2D eigenvalue weighted by atomic mass is 35.5. The molecule has 0 bridgehead atoms. The van der Waals surface area contributed by atoms with Crippen LogP contribution in [0.25, 0.3) is 11.1 Å². The molecule has 33 heavy (non-hydrogen) atoms. The molecule has 0 unspecified atom stereocenters. The summed E-state index contributed by atoms with van der Waals surface area (Å²) in [4.78, 5) is 32.1. The summed E-state index contributed by atoms with van der Waals surface area (Å²) in [6, 6.07) is 10.2. The number of nitrogens with one attached hydrogen (secondary N) is 1. The van der Waals surface area contributed by atoms with Gasteiger partial charge in [-0.3, -0.25) is 14.6 Å². The highest BCUT2D eigenvalue weighted by molar-refractivity contribution is 6.30. The molecule has 8 nitrogen and oxygen atoms in total. The molecule has 0 aliphatic carbocycles. The number of rotatable bonds is 7. The Morgan fingerprint density at radius 3 is 2.79 bits per heavy atom. The molecule has 1 aliphatic heterocycles. The van der Waals surface area contributed by atoms with Gasteiger partial charge in [-0.05, 0) is 48.2 Å². The first-order chi connectivity index (χ1) is 16.0. The standard InChI is InChI=1S/C24H26ClN5O3/c25-20-6-5-16(11-26)18(9-20)13-28-23(32)21-4-2-8-30(21)24(33)22-10-19(14-29(22)15-31)17-3-1-7-27-12-17/h1,3,5-7,9-10,12,14,21,31H,2,4,8,11,13,15,26H2,(H,28,32)/t21-/m0/s1. The van der Waals surface area contributed by atoms with Crippen LogP contribution in [0, 0.1) is 0 Å². The second-order valence-corrected chi connectivity index (χ2v) is 8.39. The van der Waals surface area contributed by atoms with E-state index in [-0.39, 0.29) is 25.1 Å². The number of nitrogens with two attached hydrogens (primary N) is 1. The van der Waals surface area contributed by atoms with Crippen molar-refractivity contribution in [2.45, 2.75) is 38.7 Å². The van der Waals surface area contributed by atoms with E-state index in [1.165, 1.54) is 4.57 Å². The van der Waals surface area contributed by atoms with Crippen LogP contribution in [0.3, 0.4) is 0 Å². The second kappa shape index (κ2) is 10.2. The number of nitrogens with zero attached hydrogens (tertiary/aromatic N) is 3. The van der Waals surface area contributed by atoms with E-state index in [9.17, 15) is 14.7 Å². The number of hydrogen-bond acceptors (Lipinski definition) is 5. The third-order valence-electron chi connectivity index (χ3n) is 5.92. The fourth-order valence-electron chi connectivity index (χ4n) is 4.19. The molecule has 0 saturated carbocycles. The van der Waals surface area contributed by atoms with Crippen LogP contribution in [0.15, 0.2) is 55.0 Å². The Morgan fingerprint density at radius 1 is 1.21 bits per heavy atom. The van der Waals surface area contributed by atoms with Crippen LogP contribution >= 0.6 is 11.6 Å². The fraction of sp³-hybridized carbons (Fsp3) is 0.292. The molecular weight excluding hydrogens is 442 g/mol. The van der Waals surface area contributed by atoms with E-state index in [0.717, 1.165) is 28.7 Å². The van der Waals surface area contributed by atoms with E-state index in [1.807, 2.05) is 18.2 Å². The van der Waals surface area contributed by atoms with Gasteiger partial charge in [-0.1, -0.05) is 23.7 Å². The lowest BCUT2D eigenvalue weighted by Gasteiger charge is -2.24. The topological polar surface area (TPSA) is 113 Å². The van der Waals surface area contributed by atoms with Crippen molar-refractivity contribution in [1.82, 2.24) is 19.8 Å². The summed E-state index contributed by atoms with van der Waals surface area (Å²) in [5.74, 6) is -0.513. The Labute approximate surface area is 197 Å². The van der Waals surface area contributed by atoms with Crippen LogP contribution < -0.4 is 11.1 Å². The Hall–Kier alpha value is -3.20. The molecule has 0 radical (unpaired) electrons. The van der Waals surface area contributed by atoms with Crippen molar-refractivity contribution in [3.63, 3.8) is 0 Å². The molecule has 0 spiro atoms. The molecule has 172 valence electrons. The lowest BCUT2D eigenvalue weighted by atomic mass is 10.1. The number of benzene rings is 1. The predicted molar refractivity (Wildman–Crippen MR) is 125 cm³/mol. The van der Waals surface area contributed by atoms with Gasteiger partial charge in [0.05, 0.1) is 0 Å². The van der Waals surface area contributed by atoms with Gasteiger partial charge in [0.25, 0.3) is 5.91 Å². The van der Waals surface area contributed by atoms with Crippen molar-refractivity contribution >= 4 is 23.4 Å². The smallest absolute Gasteiger partial charge is 0.271 e. The highest BCUT2D eigenvalue weighted by Crippen LogP contribution is 2.26. The molecule has 1 aromatic carbocycles. The predicted octanol–water partition coefficient (Wildman–Crippen LogP) is 2.53. The van der Waals surface area contributed by atoms with Crippen LogP contribution in [0.2, 0.25) is 5.02 Å². The maximum atomic E-state index is 13.4. The molecule has 3 heterocycles. The number of likely N-dealkylation sites (tertiary alicyclic amines) is 1. The summed E-state index contributed by atoms with van der Waals surface area (Å²) in [6.45, 7) is 0.750. The zero-order valence-corrected chi connectivity index (χ0v) is 18.8. The maximum absolute atomic E-state index is 13.4. The maximum Gasteiger partial charge on any atom is 0.271 e. The summed E-state index contributed by atoms with van der Waals surface area (Å²) in [5, 5.41) is 13.3. The van der Waals surface area contributed by atoms with Crippen molar-refractivity contribution in [3.05, 3.63) is 76.8 Å². The van der Waals surface area contributed by atoms with Gasteiger partial charge in [0, 0.05) is 54.4 Å². The van der Waals surface area contributed by atoms with Crippen molar-refractivity contribution in [1.29, 1.82) is 0 Å². The number of hydrogen-bond donors (Lipinski definition) is 3. The van der Waals surface area contributed by atoms with Gasteiger partial charge in [0.15, 0.2) is 0 Å². The minimum Gasteiger partial charge on any atom is -0.376 e. The monoisotopic (exact) mass is 467 g/mol. The number of aliphatic hydroxyl groups is 1. The van der Waals surface area contributed by atoms with E-state index in [4.69, 9.17) is 17.3 Å². The van der Waals surface area contributed by atoms with Crippen LogP contribution in [0.5, 0.6) is 0 Å². The van der Waals surface area contributed by atoms with Crippen LogP contribution in [0.1, 0.15) is 34.5 Å². The van der Waals surface area contributed by atoms with E-state index in [1.54, 1.807) is 41.7 Å². The average molecular weight is 468 g/mol. The molecule has 1 aliphatic rings. The zero-order valence-electron chi connectivity index (χ0n) is 18.1. The van der Waals surface area contributed by atoms with Gasteiger partial charge in [0.2, 0.25) is 5.91 Å². The summed E-state index contributed by atoms with van der Waals surface area (Å²) >= 11 is 6.09. The van der Waals surface area contributed by atoms with Crippen LogP contribution in [-0.2, 0) is 24.6 Å². The molecule has 1 saturated heterocycles. The first-order valence-electron chi connectivity index (χ1n) is 10.8. The Kier molecular flexibility index (Phi) is 7.08. The van der Waals surface area contributed by atoms with Crippen molar-refractivity contribution < 1.29 is 14.7 Å². The minimum atomic E-state index is -0.582. The number of amides is 2. The van der Waals surface area contributed by atoms with Gasteiger partial charge in [-0.25, -0.2) is 0 Å². The Balaban J connectivity index is 1.50. The molecule has 4 N–H and O–H groups in total. The lowest BCUT2D eigenvalue weighted by Crippen LogP contribution is -2.46. The van der Waals surface area contributed by atoms with Gasteiger partial charge in [0.1, 0.15) is 18.5 Å². The summed E-state index contributed by atoms with van der Waals surface area (Å²) in [7, 11) is 0.